The van der Waals surface area contributed by atoms with Gasteiger partial charge in [-0.15, -0.1) is 5.10 Å². The maximum absolute atomic E-state index is 5.64. The second-order valence-corrected chi connectivity index (χ2v) is 5.64. The molecular weight excluding hydrogens is 354 g/mol. The molecule has 0 bridgehead atoms. The SMILES string of the molecule is COc1cc(-c2nn(CNc3ccccc3)c(=S)o2)cc(OC)c1OC. The van der Waals surface area contributed by atoms with Crippen molar-refractivity contribution in [3.05, 3.63) is 47.3 Å². The predicted octanol–water partition coefficient (Wildman–Crippen LogP) is 3.97. The maximum Gasteiger partial charge on any atom is 0.289 e. The standard InChI is InChI=1S/C18H19N3O4S/c1-22-14-9-12(10-15(23-2)16(14)24-3)17-20-21(18(26)25-17)11-19-13-7-5-4-6-8-13/h4-10,19H,11H2,1-3H3. The smallest absolute Gasteiger partial charge is 0.289 e. The first-order chi connectivity index (χ1) is 12.7. The summed E-state index contributed by atoms with van der Waals surface area (Å²) < 4.78 is 23.3. The molecule has 8 heteroatoms. The van der Waals surface area contributed by atoms with Gasteiger partial charge in [-0.1, -0.05) is 18.2 Å². The van der Waals surface area contributed by atoms with Crippen LogP contribution >= 0.6 is 12.2 Å². The predicted molar refractivity (Wildman–Crippen MR) is 100 cm³/mol. The summed E-state index contributed by atoms with van der Waals surface area (Å²) in [5.74, 6) is 1.89. The van der Waals surface area contributed by atoms with Crippen LogP contribution in [-0.4, -0.2) is 31.1 Å². The van der Waals surface area contributed by atoms with E-state index in [1.807, 2.05) is 30.3 Å². The zero-order valence-corrected chi connectivity index (χ0v) is 15.5. The number of methoxy groups -OCH3 is 3. The molecule has 26 heavy (non-hydrogen) atoms. The van der Waals surface area contributed by atoms with Crippen LogP contribution in [0.2, 0.25) is 0 Å². The van der Waals surface area contributed by atoms with Crippen molar-refractivity contribution in [2.24, 2.45) is 0 Å². The minimum Gasteiger partial charge on any atom is -0.493 e. The zero-order chi connectivity index (χ0) is 18.5. The minimum atomic E-state index is 0.261. The lowest BCUT2D eigenvalue weighted by Crippen LogP contribution is -2.09. The van der Waals surface area contributed by atoms with Crippen LogP contribution in [0.15, 0.2) is 46.9 Å². The summed E-state index contributed by atoms with van der Waals surface area (Å²) >= 11 is 5.27. The highest BCUT2D eigenvalue weighted by molar-refractivity contribution is 7.71. The summed E-state index contributed by atoms with van der Waals surface area (Å²) in [6, 6.07) is 13.3. The molecule has 0 amide bonds. The molecule has 0 aliphatic heterocycles. The van der Waals surface area contributed by atoms with Crippen LogP contribution < -0.4 is 19.5 Å². The summed E-state index contributed by atoms with van der Waals surface area (Å²) in [4.78, 5) is 0.261. The van der Waals surface area contributed by atoms with E-state index in [4.69, 9.17) is 30.8 Å². The van der Waals surface area contributed by atoms with Gasteiger partial charge in [0.05, 0.1) is 21.3 Å². The number of para-hydroxylation sites is 1. The molecule has 3 rings (SSSR count). The molecule has 0 saturated carbocycles. The molecule has 0 aliphatic carbocycles. The van der Waals surface area contributed by atoms with E-state index in [9.17, 15) is 0 Å². The number of aromatic nitrogens is 2. The van der Waals surface area contributed by atoms with E-state index in [1.54, 1.807) is 38.1 Å². The number of ether oxygens (including phenoxy) is 3. The number of nitrogens with one attached hydrogen (secondary N) is 1. The van der Waals surface area contributed by atoms with Gasteiger partial charge in [0.15, 0.2) is 11.5 Å². The Labute approximate surface area is 156 Å². The largest absolute Gasteiger partial charge is 0.493 e. The number of anilines is 1. The van der Waals surface area contributed by atoms with Crippen molar-refractivity contribution in [3.63, 3.8) is 0 Å². The van der Waals surface area contributed by atoms with Crippen LogP contribution in [0.1, 0.15) is 0 Å². The number of rotatable bonds is 7. The van der Waals surface area contributed by atoms with E-state index < -0.39 is 0 Å². The van der Waals surface area contributed by atoms with E-state index in [1.165, 1.54) is 0 Å². The third-order valence-corrected chi connectivity index (χ3v) is 4.02. The lowest BCUT2D eigenvalue weighted by atomic mass is 10.2. The van der Waals surface area contributed by atoms with Gasteiger partial charge in [0.25, 0.3) is 4.84 Å². The van der Waals surface area contributed by atoms with E-state index in [2.05, 4.69) is 10.4 Å². The number of nitrogens with zero attached hydrogens (tertiary/aromatic N) is 2. The van der Waals surface area contributed by atoms with Crippen molar-refractivity contribution >= 4 is 17.9 Å². The monoisotopic (exact) mass is 373 g/mol. The van der Waals surface area contributed by atoms with Gasteiger partial charge in [0.1, 0.15) is 6.67 Å². The topological polar surface area (TPSA) is 70.7 Å². The highest BCUT2D eigenvalue weighted by Crippen LogP contribution is 2.40. The summed E-state index contributed by atoms with van der Waals surface area (Å²) in [6.45, 7) is 0.386. The van der Waals surface area contributed by atoms with Gasteiger partial charge in [-0.2, -0.15) is 0 Å². The first-order valence-corrected chi connectivity index (χ1v) is 8.24. The molecule has 136 valence electrons. The Morgan fingerprint density at radius 3 is 2.27 bits per heavy atom. The molecule has 1 heterocycles. The summed E-state index contributed by atoms with van der Waals surface area (Å²) in [7, 11) is 4.66. The lowest BCUT2D eigenvalue weighted by molar-refractivity contribution is 0.324. The highest BCUT2D eigenvalue weighted by Gasteiger charge is 2.17. The summed E-state index contributed by atoms with van der Waals surface area (Å²) in [5.41, 5.74) is 1.63. The second-order valence-electron chi connectivity index (χ2n) is 5.29. The molecule has 0 unspecified atom stereocenters. The van der Waals surface area contributed by atoms with Crippen molar-refractivity contribution in [3.8, 4) is 28.7 Å². The van der Waals surface area contributed by atoms with Crippen LogP contribution in [0.3, 0.4) is 0 Å². The first-order valence-electron chi connectivity index (χ1n) is 7.83. The molecule has 0 atom stereocenters. The second kappa shape index (κ2) is 7.92. The summed E-state index contributed by atoms with van der Waals surface area (Å²) in [6.07, 6.45) is 0. The van der Waals surface area contributed by atoms with Crippen molar-refractivity contribution in [1.82, 2.24) is 9.78 Å². The first kappa shape index (κ1) is 17.8. The average molecular weight is 373 g/mol. The third kappa shape index (κ3) is 3.65. The molecule has 0 spiro atoms. The van der Waals surface area contributed by atoms with Crippen LogP contribution in [0.5, 0.6) is 17.2 Å². The lowest BCUT2D eigenvalue weighted by Gasteiger charge is -2.12. The molecular formula is C18H19N3O4S. The van der Waals surface area contributed by atoms with E-state index in [0.29, 0.717) is 35.4 Å². The Balaban J connectivity index is 1.90. The Kier molecular flexibility index (Phi) is 5.43. The van der Waals surface area contributed by atoms with Gasteiger partial charge in [-0.3, -0.25) is 0 Å². The molecule has 0 fully saturated rings. The summed E-state index contributed by atoms with van der Waals surface area (Å²) in [5, 5.41) is 7.67. The number of hydrogen-bond acceptors (Lipinski definition) is 7. The minimum absolute atomic E-state index is 0.261. The van der Waals surface area contributed by atoms with Crippen molar-refractivity contribution in [1.29, 1.82) is 0 Å². The van der Waals surface area contributed by atoms with Gasteiger partial charge in [0.2, 0.25) is 11.6 Å². The molecule has 2 aromatic carbocycles. The third-order valence-electron chi connectivity index (χ3n) is 3.72. The molecule has 1 N–H and O–H groups in total. The van der Waals surface area contributed by atoms with Gasteiger partial charge >= 0.3 is 0 Å². The van der Waals surface area contributed by atoms with E-state index in [-0.39, 0.29) is 4.84 Å². The molecule has 7 nitrogen and oxygen atoms in total. The highest BCUT2D eigenvalue weighted by atomic mass is 32.1. The van der Waals surface area contributed by atoms with Crippen LogP contribution in [0.25, 0.3) is 11.5 Å². The van der Waals surface area contributed by atoms with Crippen molar-refractivity contribution in [2.45, 2.75) is 6.67 Å². The Bertz CT molecular complexity index is 912. The molecule has 0 saturated heterocycles. The van der Waals surface area contributed by atoms with Gasteiger partial charge in [-0.25, -0.2) is 4.68 Å². The fraction of sp³-hybridized carbons (Fsp3) is 0.222. The number of benzene rings is 2. The zero-order valence-electron chi connectivity index (χ0n) is 14.7. The fourth-order valence-corrected chi connectivity index (χ4v) is 2.63. The Morgan fingerprint density at radius 1 is 1.04 bits per heavy atom. The average Bonchev–Trinajstić information content (AvgIpc) is 3.06. The van der Waals surface area contributed by atoms with Gasteiger partial charge in [0, 0.05) is 11.3 Å². The van der Waals surface area contributed by atoms with E-state index >= 15 is 0 Å². The molecule has 1 aromatic heterocycles. The van der Waals surface area contributed by atoms with Crippen molar-refractivity contribution < 1.29 is 18.6 Å². The Morgan fingerprint density at radius 2 is 1.69 bits per heavy atom. The van der Waals surface area contributed by atoms with Crippen LogP contribution in [0, 0.1) is 4.84 Å². The van der Waals surface area contributed by atoms with Crippen molar-refractivity contribution in [2.75, 3.05) is 26.6 Å². The molecule has 0 aliphatic rings. The molecule has 3 aromatic rings. The quantitative estimate of drug-likeness (QED) is 0.628. The number of hydrogen-bond donors (Lipinski definition) is 1. The maximum atomic E-state index is 5.64. The fourth-order valence-electron chi connectivity index (χ4n) is 2.45. The van der Waals surface area contributed by atoms with Crippen LogP contribution in [-0.2, 0) is 6.67 Å². The normalized spacial score (nSPS) is 10.4. The van der Waals surface area contributed by atoms with Gasteiger partial charge < -0.3 is 23.9 Å². The van der Waals surface area contributed by atoms with Crippen LogP contribution in [0.4, 0.5) is 5.69 Å². The molecule has 0 radical (unpaired) electrons. The van der Waals surface area contributed by atoms with Gasteiger partial charge in [-0.05, 0) is 36.5 Å². The Hall–Kier alpha value is -3.00. The van der Waals surface area contributed by atoms with E-state index in [0.717, 1.165) is 5.69 Å².